The molecule has 6 rings (SSSR count). The van der Waals surface area contributed by atoms with Gasteiger partial charge in [0, 0.05) is 17.7 Å². The fraction of sp³-hybridized carbons (Fsp3) is 0.323. The van der Waals surface area contributed by atoms with Gasteiger partial charge in [-0.05, 0) is 54.5 Å². The Morgan fingerprint density at radius 3 is 2.44 bits per heavy atom. The summed E-state index contributed by atoms with van der Waals surface area (Å²) in [5.74, 6) is 0.513. The summed E-state index contributed by atoms with van der Waals surface area (Å²) in [4.78, 5) is 23.5. The third kappa shape index (κ3) is 4.23. The molecule has 0 saturated heterocycles. The summed E-state index contributed by atoms with van der Waals surface area (Å²) in [7, 11) is 0. The highest BCUT2D eigenvalue weighted by Gasteiger charge is 2.42. The molecule has 2 fully saturated rings. The first-order chi connectivity index (χ1) is 17.6. The van der Waals surface area contributed by atoms with Crippen molar-refractivity contribution in [2.24, 2.45) is 0 Å². The molecule has 1 amide bonds. The van der Waals surface area contributed by atoms with Crippen LogP contribution in [0.4, 0.5) is 5.95 Å². The summed E-state index contributed by atoms with van der Waals surface area (Å²) in [5, 5.41) is 9.05. The Bertz CT molecular complexity index is 1390. The summed E-state index contributed by atoms with van der Waals surface area (Å²) in [6.45, 7) is 2.05. The average Bonchev–Trinajstić information content (AvgIpc) is 3.59. The number of hydrogen-bond acceptors (Lipinski definition) is 4. The van der Waals surface area contributed by atoms with E-state index in [0.29, 0.717) is 17.6 Å². The Labute approximate surface area is 212 Å². The number of hydrogen-bond donors (Lipinski definition) is 2. The third-order valence-electron chi connectivity index (χ3n) is 7.82. The molecule has 1 aromatic heterocycles. The maximum atomic E-state index is 13.8. The van der Waals surface area contributed by atoms with Gasteiger partial charge >= 0.3 is 0 Å². The number of rotatable bonds is 7. The molecule has 1 heterocycles. The van der Waals surface area contributed by atoms with Crippen LogP contribution in [0.5, 0.6) is 0 Å². The number of carbonyl (C=O) groups excluding carboxylic acids is 1. The molecule has 182 valence electrons. The standard InChI is InChI=1S/C31H32N4O/c1-21(25-15-9-11-22-10-5-6-14-26(22)25)33-29(36)27-20-32-30(34-24-16-17-24)35-28(27)31(18-7-8-19-31)23-12-3-2-4-13-23/h2-6,9-15,20-21,24H,7-8,16-19H2,1H3,(H,33,36)(H,32,34,35). The molecule has 1 atom stereocenters. The molecule has 36 heavy (non-hydrogen) atoms. The summed E-state index contributed by atoms with van der Waals surface area (Å²) in [6.07, 6.45) is 8.24. The largest absolute Gasteiger partial charge is 0.351 e. The first-order valence-electron chi connectivity index (χ1n) is 13.1. The predicted molar refractivity (Wildman–Crippen MR) is 144 cm³/mol. The minimum Gasteiger partial charge on any atom is -0.351 e. The van der Waals surface area contributed by atoms with Gasteiger partial charge in [-0.2, -0.15) is 0 Å². The smallest absolute Gasteiger partial charge is 0.255 e. The van der Waals surface area contributed by atoms with Crippen LogP contribution in [-0.2, 0) is 5.41 Å². The minimum absolute atomic E-state index is 0.120. The van der Waals surface area contributed by atoms with Gasteiger partial charge in [0.2, 0.25) is 5.95 Å². The van der Waals surface area contributed by atoms with E-state index in [1.54, 1.807) is 6.20 Å². The highest BCUT2D eigenvalue weighted by atomic mass is 16.1. The molecule has 4 aromatic rings. The number of aromatic nitrogens is 2. The second-order valence-corrected chi connectivity index (χ2v) is 10.3. The van der Waals surface area contributed by atoms with E-state index in [9.17, 15) is 4.79 Å². The number of carbonyl (C=O) groups is 1. The Balaban J connectivity index is 1.39. The number of benzene rings is 3. The van der Waals surface area contributed by atoms with E-state index < -0.39 is 0 Å². The van der Waals surface area contributed by atoms with Crippen molar-refractivity contribution in [3.63, 3.8) is 0 Å². The number of amides is 1. The van der Waals surface area contributed by atoms with Crippen molar-refractivity contribution >= 4 is 22.6 Å². The van der Waals surface area contributed by atoms with E-state index in [1.807, 2.05) is 25.1 Å². The summed E-state index contributed by atoms with van der Waals surface area (Å²) in [6, 6.07) is 25.4. The summed E-state index contributed by atoms with van der Waals surface area (Å²) in [5.41, 5.74) is 3.49. The maximum absolute atomic E-state index is 13.8. The van der Waals surface area contributed by atoms with Crippen LogP contribution >= 0.6 is 0 Å². The monoisotopic (exact) mass is 476 g/mol. The number of fused-ring (bicyclic) bond motifs is 1. The van der Waals surface area contributed by atoms with Gasteiger partial charge in [0.15, 0.2) is 0 Å². The fourth-order valence-electron chi connectivity index (χ4n) is 5.77. The first-order valence-corrected chi connectivity index (χ1v) is 13.1. The Hall–Kier alpha value is -3.73. The molecular formula is C31H32N4O. The van der Waals surface area contributed by atoms with Crippen molar-refractivity contribution in [1.82, 2.24) is 15.3 Å². The molecule has 5 heteroatoms. The van der Waals surface area contributed by atoms with Crippen LogP contribution in [0.1, 0.15) is 78.7 Å². The molecule has 0 radical (unpaired) electrons. The van der Waals surface area contributed by atoms with Gasteiger partial charge in [0.25, 0.3) is 5.91 Å². The third-order valence-corrected chi connectivity index (χ3v) is 7.82. The molecular weight excluding hydrogens is 444 g/mol. The van der Waals surface area contributed by atoms with Gasteiger partial charge in [-0.3, -0.25) is 4.79 Å². The maximum Gasteiger partial charge on any atom is 0.255 e. The highest BCUT2D eigenvalue weighted by molar-refractivity contribution is 5.96. The topological polar surface area (TPSA) is 66.9 Å². The van der Waals surface area contributed by atoms with Crippen molar-refractivity contribution in [3.8, 4) is 0 Å². The lowest BCUT2D eigenvalue weighted by molar-refractivity contribution is 0.0937. The number of nitrogens with zero attached hydrogens (tertiary/aromatic N) is 2. The van der Waals surface area contributed by atoms with Crippen molar-refractivity contribution in [2.75, 3.05) is 5.32 Å². The molecule has 0 spiro atoms. The molecule has 1 unspecified atom stereocenters. The molecule has 0 bridgehead atoms. The lowest BCUT2D eigenvalue weighted by Crippen LogP contribution is -2.33. The van der Waals surface area contributed by atoms with E-state index in [4.69, 9.17) is 4.98 Å². The van der Waals surface area contributed by atoms with Crippen LogP contribution in [-0.4, -0.2) is 21.9 Å². The second-order valence-electron chi connectivity index (χ2n) is 10.3. The van der Waals surface area contributed by atoms with E-state index in [0.717, 1.165) is 55.2 Å². The molecule has 5 nitrogen and oxygen atoms in total. The van der Waals surface area contributed by atoms with E-state index in [-0.39, 0.29) is 17.4 Å². The van der Waals surface area contributed by atoms with E-state index in [2.05, 4.69) is 70.2 Å². The zero-order valence-corrected chi connectivity index (χ0v) is 20.7. The van der Waals surface area contributed by atoms with Gasteiger partial charge in [-0.25, -0.2) is 9.97 Å². The van der Waals surface area contributed by atoms with Gasteiger partial charge in [0.05, 0.1) is 17.3 Å². The lowest BCUT2D eigenvalue weighted by Gasteiger charge is -2.31. The van der Waals surface area contributed by atoms with Crippen LogP contribution in [0.3, 0.4) is 0 Å². The Morgan fingerprint density at radius 2 is 1.67 bits per heavy atom. The molecule has 0 aliphatic heterocycles. The normalized spacial score (nSPS) is 17.6. The fourth-order valence-corrected chi connectivity index (χ4v) is 5.77. The highest BCUT2D eigenvalue weighted by Crippen LogP contribution is 2.47. The van der Waals surface area contributed by atoms with Crippen molar-refractivity contribution in [3.05, 3.63) is 101 Å². The van der Waals surface area contributed by atoms with Crippen LogP contribution in [0.2, 0.25) is 0 Å². The molecule has 2 aliphatic carbocycles. The van der Waals surface area contributed by atoms with Crippen molar-refractivity contribution in [2.45, 2.75) is 62.9 Å². The van der Waals surface area contributed by atoms with E-state index in [1.165, 1.54) is 10.9 Å². The van der Waals surface area contributed by atoms with Crippen molar-refractivity contribution in [1.29, 1.82) is 0 Å². The van der Waals surface area contributed by atoms with Gasteiger partial charge in [0.1, 0.15) is 0 Å². The Morgan fingerprint density at radius 1 is 0.944 bits per heavy atom. The number of anilines is 1. The summed E-state index contributed by atoms with van der Waals surface area (Å²) >= 11 is 0. The number of nitrogens with one attached hydrogen (secondary N) is 2. The predicted octanol–water partition coefficient (Wildman–Crippen LogP) is 6.56. The lowest BCUT2D eigenvalue weighted by atomic mass is 9.74. The van der Waals surface area contributed by atoms with Crippen LogP contribution in [0, 0.1) is 0 Å². The quantitative estimate of drug-likeness (QED) is 0.317. The van der Waals surface area contributed by atoms with Crippen molar-refractivity contribution < 1.29 is 4.79 Å². The molecule has 2 aliphatic rings. The SMILES string of the molecule is CC(NC(=O)c1cnc(NC2CC2)nc1C1(c2ccccc2)CCCC1)c1cccc2ccccc12. The van der Waals surface area contributed by atoms with Crippen LogP contribution < -0.4 is 10.6 Å². The molecule has 3 aromatic carbocycles. The van der Waals surface area contributed by atoms with E-state index >= 15 is 0 Å². The Kier molecular flexibility index (Phi) is 5.92. The second kappa shape index (κ2) is 9.38. The van der Waals surface area contributed by atoms with Gasteiger partial charge in [-0.1, -0.05) is 85.6 Å². The average molecular weight is 477 g/mol. The first kappa shape index (κ1) is 22.7. The zero-order valence-electron chi connectivity index (χ0n) is 20.7. The zero-order chi connectivity index (χ0) is 24.5. The molecule has 2 N–H and O–H groups in total. The van der Waals surface area contributed by atoms with Crippen LogP contribution in [0.15, 0.2) is 79.0 Å². The summed E-state index contributed by atoms with van der Waals surface area (Å²) < 4.78 is 0. The van der Waals surface area contributed by atoms with Gasteiger partial charge in [-0.15, -0.1) is 0 Å². The minimum atomic E-state index is -0.278. The van der Waals surface area contributed by atoms with Crippen LogP contribution in [0.25, 0.3) is 10.8 Å². The van der Waals surface area contributed by atoms with Gasteiger partial charge < -0.3 is 10.6 Å². The molecule has 2 saturated carbocycles.